The molecule has 3 N–H and O–H groups in total. The maximum Gasteiger partial charge on any atom is 0.170 e. The summed E-state index contributed by atoms with van der Waals surface area (Å²) in [6, 6.07) is 4.15. The number of hydrogen-bond acceptors (Lipinski definition) is 4. The molecule has 1 fully saturated rings. The lowest BCUT2D eigenvalue weighted by Gasteiger charge is -2.22. The Morgan fingerprint density at radius 1 is 1.47 bits per heavy atom. The molecule has 1 heterocycles. The van der Waals surface area contributed by atoms with Crippen molar-refractivity contribution in [2.24, 2.45) is 10.9 Å². The minimum absolute atomic E-state index is 0.120. The largest absolute Gasteiger partial charge is 0.409 e. The Morgan fingerprint density at radius 2 is 2.21 bits per heavy atom. The molecule has 1 aliphatic rings. The number of nitrogens with two attached hydrogens (primary N) is 1. The maximum absolute atomic E-state index is 13.2. The Morgan fingerprint density at radius 3 is 2.89 bits per heavy atom. The molecule has 1 aromatic rings. The second-order valence-corrected chi connectivity index (χ2v) is 4.41. The van der Waals surface area contributed by atoms with E-state index in [1.807, 2.05) is 0 Å². The van der Waals surface area contributed by atoms with Crippen LogP contribution in [-0.4, -0.2) is 30.4 Å². The molecular weight excluding hydrogens is 251 g/mol. The molecule has 0 saturated carbocycles. The van der Waals surface area contributed by atoms with E-state index in [0.717, 1.165) is 12.8 Å². The molecule has 104 valence electrons. The molecule has 0 aliphatic carbocycles. The van der Waals surface area contributed by atoms with E-state index < -0.39 is 5.82 Å². The van der Waals surface area contributed by atoms with Crippen molar-refractivity contribution in [3.63, 3.8) is 0 Å². The predicted molar refractivity (Wildman–Crippen MR) is 67.5 cm³/mol. The zero-order valence-electron chi connectivity index (χ0n) is 10.5. The Kier molecular flexibility index (Phi) is 4.70. The SMILES string of the molecule is NC(=NO)c1cc(F)ccc1COC1CCOCC1. The highest BCUT2D eigenvalue weighted by atomic mass is 19.1. The zero-order valence-corrected chi connectivity index (χ0v) is 10.5. The number of ether oxygens (including phenoxy) is 2. The molecule has 2 rings (SSSR count). The monoisotopic (exact) mass is 268 g/mol. The van der Waals surface area contributed by atoms with E-state index in [-0.39, 0.29) is 11.9 Å². The normalized spacial score (nSPS) is 17.6. The summed E-state index contributed by atoms with van der Waals surface area (Å²) in [7, 11) is 0. The van der Waals surface area contributed by atoms with E-state index in [1.165, 1.54) is 12.1 Å². The van der Waals surface area contributed by atoms with Crippen LogP contribution in [0.15, 0.2) is 23.4 Å². The van der Waals surface area contributed by atoms with Crippen LogP contribution >= 0.6 is 0 Å². The molecule has 6 heteroatoms. The number of oxime groups is 1. The van der Waals surface area contributed by atoms with Gasteiger partial charge >= 0.3 is 0 Å². The van der Waals surface area contributed by atoms with Crippen molar-refractivity contribution >= 4 is 5.84 Å². The molecule has 0 atom stereocenters. The van der Waals surface area contributed by atoms with E-state index in [4.69, 9.17) is 20.4 Å². The first-order chi connectivity index (χ1) is 9.20. The summed E-state index contributed by atoms with van der Waals surface area (Å²) in [4.78, 5) is 0. The fourth-order valence-corrected chi connectivity index (χ4v) is 2.02. The number of benzene rings is 1. The minimum Gasteiger partial charge on any atom is -0.409 e. The highest BCUT2D eigenvalue weighted by molar-refractivity contribution is 5.98. The molecule has 0 aromatic heterocycles. The third kappa shape index (κ3) is 3.65. The number of halogens is 1. The van der Waals surface area contributed by atoms with Gasteiger partial charge in [-0.1, -0.05) is 11.2 Å². The first-order valence-corrected chi connectivity index (χ1v) is 6.16. The van der Waals surface area contributed by atoms with Crippen molar-refractivity contribution in [3.8, 4) is 0 Å². The van der Waals surface area contributed by atoms with Gasteiger partial charge in [0.25, 0.3) is 0 Å². The molecule has 1 aromatic carbocycles. The zero-order chi connectivity index (χ0) is 13.7. The van der Waals surface area contributed by atoms with Gasteiger partial charge in [-0.25, -0.2) is 4.39 Å². The second-order valence-electron chi connectivity index (χ2n) is 4.41. The van der Waals surface area contributed by atoms with Gasteiger partial charge in [0.15, 0.2) is 5.84 Å². The summed E-state index contributed by atoms with van der Waals surface area (Å²) in [6.45, 7) is 1.69. The van der Waals surface area contributed by atoms with Crippen molar-refractivity contribution in [2.75, 3.05) is 13.2 Å². The molecule has 1 aliphatic heterocycles. The van der Waals surface area contributed by atoms with Crippen LogP contribution in [-0.2, 0) is 16.1 Å². The summed E-state index contributed by atoms with van der Waals surface area (Å²) in [5, 5.41) is 11.6. The van der Waals surface area contributed by atoms with Gasteiger partial charge < -0.3 is 20.4 Å². The van der Waals surface area contributed by atoms with Crippen molar-refractivity contribution in [3.05, 3.63) is 35.1 Å². The Labute approximate surface area is 110 Å². The molecule has 0 unspecified atom stereocenters. The number of nitrogens with zero attached hydrogens (tertiary/aromatic N) is 1. The summed E-state index contributed by atoms with van der Waals surface area (Å²) in [5.41, 5.74) is 6.58. The standard InChI is InChI=1S/C13H17FN2O3/c14-10-2-1-9(12(7-10)13(15)16-17)8-19-11-3-5-18-6-4-11/h1-2,7,11,17H,3-6,8H2,(H2,15,16). The van der Waals surface area contributed by atoms with Crippen LogP contribution in [0.2, 0.25) is 0 Å². The smallest absolute Gasteiger partial charge is 0.170 e. The van der Waals surface area contributed by atoms with Gasteiger partial charge in [-0.2, -0.15) is 0 Å². The van der Waals surface area contributed by atoms with Gasteiger partial charge in [0.1, 0.15) is 5.82 Å². The van der Waals surface area contributed by atoms with Crippen LogP contribution < -0.4 is 5.73 Å². The van der Waals surface area contributed by atoms with Gasteiger partial charge in [-0.3, -0.25) is 0 Å². The Hall–Kier alpha value is -1.66. The van der Waals surface area contributed by atoms with Gasteiger partial charge in [0, 0.05) is 18.8 Å². The first-order valence-electron chi connectivity index (χ1n) is 6.16. The molecule has 0 radical (unpaired) electrons. The number of rotatable bonds is 4. The van der Waals surface area contributed by atoms with Crippen LogP contribution in [0.1, 0.15) is 24.0 Å². The minimum atomic E-state index is -0.434. The van der Waals surface area contributed by atoms with Gasteiger partial charge in [0.2, 0.25) is 0 Å². The van der Waals surface area contributed by atoms with E-state index in [9.17, 15) is 4.39 Å². The molecule has 0 amide bonds. The third-order valence-electron chi connectivity index (χ3n) is 3.10. The van der Waals surface area contributed by atoms with E-state index in [0.29, 0.717) is 30.9 Å². The van der Waals surface area contributed by atoms with Gasteiger partial charge in [0.05, 0.1) is 12.7 Å². The summed E-state index contributed by atoms with van der Waals surface area (Å²) < 4.78 is 24.2. The van der Waals surface area contributed by atoms with Gasteiger partial charge in [-0.05, 0) is 30.5 Å². The lowest BCUT2D eigenvalue weighted by atomic mass is 10.1. The Bertz CT molecular complexity index is 459. The van der Waals surface area contributed by atoms with Crippen LogP contribution in [0, 0.1) is 5.82 Å². The van der Waals surface area contributed by atoms with Crippen LogP contribution in [0.3, 0.4) is 0 Å². The van der Waals surface area contributed by atoms with E-state index in [1.54, 1.807) is 6.07 Å². The Balaban J connectivity index is 2.06. The first kappa shape index (κ1) is 13.8. The van der Waals surface area contributed by atoms with Crippen LogP contribution in [0.4, 0.5) is 4.39 Å². The van der Waals surface area contributed by atoms with Crippen LogP contribution in [0.25, 0.3) is 0 Å². The highest BCUT2D eigenvalue weighted by Gasteiger charge is 2.16. The second kappa shape index (κ2) is 6.49. The predicted octanol–water partition coefficient (Wildman–Crippen LogP) is 1.62. The number of amidine groups is 1. The quantitative estimate of drug-likeness (QED) is 0.376. The molecule has 1 saturated heterocycles. The summed E-state index contributed by atoms with van der Waals surface area (Å²) >= 11 is 0. The lowest BCUT2D eigenvalue weighted by molar-refractivity contribution is -0.0391. The van der Waals surface area contributed by atoms with Crippen molar-refractivity contribution in [1.82, 2.24) is 0 Å². The topological polar surface area (TPSA) is 77.1 Å². The lowest BCUT2D eigenvalue weighted by Crippen LogP contribution is -2.24. The fraction of sp³-hybridized carbons (Fsp3) is 0.462. The summed E-state index contributed by atoms with van der Waals surface area (Å²) in [6.07, 6.45) is 1.83. The third-order valence-corrected chi connectivity index (χ3v) is 3.10. The van der Waals surface area contributed by atoms with Crippen molar-refractivity contribution in [2.45, 2.75) is 25.6 Å². The van der Waals surface area contributed by atoms with Crippen molar-refractivity contribution < 1.29 is 19.1 Å². The average molecular weight is 268 g/mol. The average Bonchev–Trinajstić information content (AvgIpc) is 2.46. The van der Waals surface area contributed by atoms with Gasteiger partial charge in [-0.15, -0.1) is 0 Å². The molecular formula is C13H17FN2O3. The fourth-order valence-electron chi connectivity index (χ4n) is 2.02. The molecule has 5 nitrogen and oxygen atoms in total. The van der Waals surface area contributed by atoms with E-state index >= 15 is 0 Å². The number of hydrogen-bond donors (Lipinski definition) is 2. The molecule has 0 spiro atoms. The maximum atomic E-state index is 13.2. The highest BCUT2D eigenvalue weighted by Crippen LogP contribution is 2.17. The van der Waals surface area contributed by atoms with E-state index in [2.05, 4.69) is 5.16 Å². The molecule has 19 heavy (non-hydrogen) atoms. The molecule has 0 bridgehead atoms. The van der Waals surface area contributed by atoms with Crippen LogP contribution in [0.5, 0.6) is 0 Å². The summed E-state index contributed by atoms with van der Waals surface area (Å²) in [5.74, 6) is -0.554. The van der Waals surface area contributed by atoms with Crippen molar-refractivity contribution in [1.29, 1.82) is 0 Å².